The molecule has 1 aliphatic heterocycles. The SMILES string of the molecule is CCNc1cc(C(F)(F)F)cc(NCC2CCOCC2)n1. The maximum Gasteiger partial charge on any atom is 0.416 e. The normalized spacial score (nSPS) is 16.8. The molecule has 0 bridgehead atoms. The first-order chi connectivity index (χ1) is 9.99. The number of pyridine rings is 1. The number of alkyl halides is 3. The van der Waals surface area contributed by atoms with E-state index >= 15 is 0 Å². The fourth-order valence-electron chi connectivity index (χ4n) is 2.26. The summed E-state index contributed by atoms with van der Waals surface area (Å²) in [5.41, 5.74) is -0.692. The van der Waals surface area contributed by atoms with Crippen LogP contribution in [-0.2, 0) is 10.9 Å². The number of ether oxygens (including phenoxy) is 1. The summed E-state index contributed by atoms with van der Waals surface area (Å²) in [6.45, 7) is 4.38. The van der Waals surface area contributed by atoms with Gasteiger partial charge in [0.15, 0.2) is 0 Å². The fourth-order valence-corrected chi connectivity index (χ4v) is 2.26. The molecule has 4 nitrogen and oxygen atoms in total. The molecule has 1 aromatic rings. The molecule has 0 aliphatic carbocycles. The molecular formula is C14H20F3N3O. The summed E-state index contributed by atoms with van der Waals surface area (Å²) < 4.78 is 43.9. The zero-order valence-electron chi connectivity index (χ0n) is 12.0. The molecule has 0 atom stereocenters. The van der Waals surface area contributed by atoms with Gasteiger partial charge >= 0.3 is 6.18 Å². The van der Waals surface area contributed by atoms with Crippen LogP contribution < -0.4 is 10.6 Å². The summed E-state index contributed by atoms with van der Waals surface area (Å²) in [7, 11) is 0. The Morgan fingerprint density at radius 3 is 2.38 bits per heavy atom. The molecule has 0 saturated carbocycles. The van der Waals surface area contributed by atoms with E-state index in [1.54, 1.807) is 0 Å². The van der Waals surface area contributed by atoms with Gasteiger partial charge in [-0.15, -0.1) is 0 Å². The van der Waals surface area contributed by atoms with E-state index in [0.717, 1.165) is 25.0 Å². The number of nitrogens with zero attached hydrogens (tertiary/aromatic N) is 1. The van der Waals surface area contributed by atoms with Crippen LogP contribution in [0.4, 0.5) is 24.8 Å². The molecule has 21 heavy (non-hydrogen) atoms. The Hall–Kier alpha value is -1.50. The smallest absolute Gasteiger partial charge is 0.381 e. The predicted octanol–water partition coefficient (Wildman–Crippen LogP) is 3.37. The highest BCUT2D eigenvalue weighted by molar-refractivity contribution is 5.49. The Morgan fingerprint density at radius 1 is 1.19 bits per heavy atom. The molecule has 0 aromatic carbocycles. The van der Waals surface area contributed by atoms with Crippen LogP contribution in [0.25, 0.3) is 0 Å². The Morgan fingerprint density at radius 2 is 1.81 bits per heavy atom. The summed E-state index contributed by atoms with van der Waals surface area (Å²) in [5.74, 6) is 0.909. The monoisotopic (exact) mass is 303 g/mol. The van der Waals surface area contributed by atoms with Gasteiger partial charge in [-0.25, -0.2) is 4.98 Å². The van der Waals surface area contributed by atoms with Crippen molar-refractivity contribution in [2.24, 2.45) is 5.92 Å². The number of halogens is 3. The van der Waals surface area contributed by atoms with Crippen molar-refractivity contribution >= 4 is 11.6 Å². The first-order valence-corrected chi connectivity index (χ1v) is 7.14. The standard InChI is InChI=1S/C14H20F3N3O/c1-2-18-12-7-11(14(15,16)17)8-13(20-12)19-9-10-3-5-21-6-4-10/h7-8,10H,2-6,9H2,1H3,(H2,18,19,20). The predicted molar refractivity (Wildman–Crippen MR) is 75.4 cm³/mol. The quantitative estimate of drug-likeness (QED) is 0.875. The summed E-state index contributed by atoms with van der Waals surface area (Å²) in [4.78, 5) is 4.17. The maximum atomic E-state index is 12.9. The number of hydrogen-bond donors (Lipinski definition) is 2. The average molecular weight is 303 g/mol. The Balaban J connectivity index is 2.07. The van der Waals surface area contributed by atoms with Crippen LogP contribution in [0, 0.1) is 5.92 Å². The molecule has 2 rings (SSSR count). The van der Waals surface area contributed by atoms with Crippen LogP contribution in [0.15, 0.2) is 12.1 Å². The zero-order chi connectivity index (χ0) is 15.3. The van der Waals surface area contributed by atoms with E-state index in [9.17, 15) is 13.2 Å². The van der Waals surface area contributed by atoms with Crippen LogP contribution in [-0.4, -0.2) is 31.3 Å². The molecule has 1 saturated heterocycles. The molecule has 118 valence electrons. The van der Waals surface area contributed by atoms with Crippen molar-refractivity contribution in [3.8, 4) is 0 Å². The molecule has 0 amide bonds. The Labute approximate surface area is 122 Å². The first-order valence-electron chi connectivity index (χ1n) is 7.14. The van der Waals surface area contributed by atoms with Crippen molar-refractivity contribution in [2.45, 2.75) is 25.9 Å². The highest BCUT2D eigenvalue weighted by Crippen LogP contribution is 2.32. The van der Waals surface area contributed by atoms with Gasteiger partial charge in [-0.1, -0.05) is 0 Å². The highest BCUT2D eigenvalue weighted by atomic mass is 19.4. The lowest BCUT2D eigenvalue weighted by molar-refractivity contribution is -0.137. The van der Waals surface area contributed by atoms with E-state index in [2.05, 4.69) is 15.6 Å². The average Bonchev–Trinajstić information content (AvgIpc) is 2.45. The van der Waals surface area contributed by atoms with E-state index in [0.29, 0.717) is 32.2 Å². The minimum absolute atomic E-state index is 0.238. The van der Waals surface area contributed by atoms with Crippen molar-refractivity contribution in [3.63, 3.8) is 0 Å². The molecule has 0 unspecified atom stereocenters. The lowest BCUT2D eigenvalue weighted by Gasteiger charge is -2.22. The van der Waals surface area contributed by atoms with Crippen LogP contribution in [0.2, 0.25) is 0 Å². The van der Waals surface area contributed by atoms with Gasteiger partial charge in [0.2, 0.25) is 0 Å². The summed E-state index contributed by atoms with van der Waals surface area (Å²) in [6, 6.07) is 2.09. The van der Waals surface area contributed by atoms with E-state index in [1.807, 2.05) is 6.92 Å². The lowest BCUT2D eigenvalue weighted by Crippen LogP contribution is -2.23. The van der Waals surface area contributed by atoms with E-state index < -0.39 is 11.7 Å². The molecule has 1 aromatic heterocycles. The highest BCUT2D eigenvalue weighted by Gasteiger charge is 2.31. The number of anilines is 2. The molecule has 0 radical (unpaired) electrons. The van der Waals surface area contributed by atoms with Crippen LogP contribution in [0.5, 0.6) is 0 Å². The first kappa shape index (κ1) is 15.9. The molecular weight excluding hydrogens is 283 g/mol. The number of nitrogens with one attached hydrogen (secondary N) is 2. The van der Waals surface area contributed by atoms with Crippen molar-refractivity contribution in [1.29, 1.82) is 0 Å². The van der Waals surface area contributed by atoms with E-state index in [4.69, 9.17) is 4.74 Å². The maximum absolute atomic E-state index is 12.9. The topological polar surface area (TPSA) is 46.2 Å². The molecule has 1 fully saturated rings. The third-order valence-electron chi connectivity index (χ3n) is 3.42. The second-order valence-corrected chi connectivity index (χ2v) is 5.09. The summed E-state index contributed by atoms with van der Waals surface area (Å²) in [5, 5.41) is 5.85. The van der Waals surface area contributed by atoms with Gasteiger partial charge in [0.05, 0.1) is 5.56 Å². The van der Waals surface area contributed by atoms with E-state index in [-0.39, 0.29) is 11.6 Å². The summed E-state index contributed by atoms with van der Waals surface area (Å²) in [6.07, 6.45) is -2.53. The minimum atomic E-state index is -4.37. The summed E-state index contributed by atoms with van der Waals surface area (Å²) >= 11 is 0. The molecule has 2 N–H and O–H groups in total. The Bertz CT molecular complexity index is 459. The molecule has 1 aliphatic rings. The van der Waals surface area contributed by atoms with E-state index in [1.165, 1.54) is 0 Å². The van der Waals surface area contributed by atoms with Crippen LogP contribution in [0.1, 0.15) is 25.3 Å². The van der Waals surface area contributed by atoms with Gasteiger partial charge in [-0.2, -0.15) is 13.2 Å². The zero-order valence-corrected chi connectivity index (χ0v) is 12.0. The molecule has 2 heterocycles. The van der Waals surface area contributed by atoms with Crippen LogP contribution >= 0.6 is 0 Å². The third kappa shape index (κ3) is 4.77. The second kappa shape index (κ2) is 6.98. The van der Waals surface area contributed by atoms with Gasteiger partial charge in [0.1, 0.15) is 11.6 Å². The number of hydrogen-bond acceptors (Lipinski definition) is 4. The lowest BCUT2D eigenvalue weighted by atomic mass is 10.0. The van der Waals surface area contributed by atoms with Crippen LogP contribution in [0.3, 0.4) is 0 Å². The van der Waals surface area contributed by atoms with Gasteiger partial charge in [-0.05, 0) is 37.8 Å². The van der Waals surface area contributed by atoms with Gasteiger partial charge < -0.3 is 15.4 Å². The number of rotatable bonds is 5. The second-order valence-electron chi connectivity index (χ2n) is 5.09. The third-order valence-corrected chi connectivity index (χ3v) is 3.42. The minimum Gasteiger partial charge on any atom is -0.381 e. The fraction of sp³-hybridized carbons (Fsp3) is 0.643. The molecule has 0 spiro atoms. The van der Waals surface area contributed by atoms with Crippen molar-refractivity contribution < 1.29 is 17.9 Å². The Kier molecular flexibility index (Phi) is 5.27. The van der Waals surface area contributed by atoms with Gasteiger partial charge in [0.25, 0.3) is 0 Å². The van der Waals surface area contributed by atoms with Crippen molar-refractivity contribution in [3.05, 3.63) is 17.7 Å². The van der Waals surface area contributed by atoms with Crippen molar-refractivity contribution in [1.82, 2.24) is 4.98 Å². The van der Waals surface area contributed by atoms with Gasteiger partial charge in [0, 0.05) is 26.3 Å². The van der Waals surface area contributed by atoms with Gasteiger partial charge in [-0.3, -0.25) is 0 Å². The molecule has 7 heteroatoms. The largest absolute Gasteiger partial charge is 0.416 e. The van der Waals surface area contributed by atoms with Crippen molar-refractivity contribution in [2.75, 3.05) is 36.9 Å². The number of aromatic nitrogens is 1.